The first-order valence-electron chi connectivity index (χ1n) is 11.4. The highest BCUT2D eigenvalue weighted by Gasteiger charge is 2.42. The molecule has 0 N–H and O–H groups in total. The van der Waals surface area contributed by atoms with E-state index in [9.17, 15) is 0 Å². The smallest absolute Gasteiger partial charge is 0.252 e. The molecule has 2 nitrogen and oxygen atoms in total. The van der Waals surface area contributed by atoms with Crippen LogP contribution in [0.5, 0.6) is 0 Å². The maximum atomic E-state index is 2.42. The maximum absolute atomic E-state index is 2.42. The normalized spacial score (nSPS) is 12.9. The third-order valence-corrected chi connectivity index (χ3v) is 6.84. The monoisotopic (exact) mass is 436 g/mol. The standard InChI is InChI=1S/C30H21BN2.CH4/c1-3-12-22(13-4-1)32-26-18-9-7-16-24(26)31-25-17-8-10-19-27(25)33(23-14-5-2-6-15-23)29-21-11-20-28(32)30(29)31;/h1-21H;1H4. The first-order valence-corrected chi connectivity index (χ1v) is 11.4. The third kappa shape index (κ3) is 2.83. The molecule has 34 heavy (non-hydrogen) atoms. The van der Waals surface area contributed by atoms with E-state index >= 15 is 0 Å². The zero-order valence-corrected chi connectivity index (χ0v) is 18.1. The van der Waals surface area contributed by atoms with Crippen LogP contribution in [0.1, 0.15) is 7.43 Å². The molecule has 2 aliphatic rings. The average Bonchev–Trinajstić information content (AvgIpc) is 2.89. The summed E-state index contributed by atoms with van der Waals surface area (Å²) in [5, 5.41) is 0. The predicted octanol–water partition coefficient (Wildman–Crippen LogP) is 6.41. The Morgan fingerprint density at radius 2 is 0.765 bits per heavy atom. The van der Waals surface area contributed by atoms with E-state index in [-0.39, 0.29) is 14.1 Å². The van der Waals surface area contributed by atoms with Crippen molar-refractivity contribution in [1.29, 1.82) is 0 Å². The van der Waals surface area contributed by atoms with E-state index in [0.29, 0.717) is 0 Å². The molecule has 0 aromatic heterocycles. The van der Waals surface area contributed by atoms with E-state index in [2.05, 4.69) is 137 Å². The number of fused-ring (bicyclic) bond motifs is 4. The number of rotatable bonds is 2. The van der Waals surface area contributed by atoms with Gasteiger partial charge < -0.3 is 9.80 Å². The topological polar surface area (TPSA) is 6.48 Å². The number of hydrogen-bond acceptors (Lipinski definition) is 2. The van der Waals surface area contributed by atoms with Gasteiger partial charge in [0.25, 0.3) is 6.71 Å². The van der Waals surface area contributed by atoms with Gasteiger partial charge >= 0.3 is 0 Å². The molecule has 0 aliphatic carbocycles. The van der Waals surface area contributed by atoms with Gasteiger partial charge in [0.15, 0.2) is 0 Å². The molecular weight excluding hydrogens is 411 g/mol. The third-order valence-electron chi connectivity index (χ3n) is 6.84. The van der Waals surface area contributed by atoms with Crippen molar-refractivity contribution in [3.05, 3.63) is 127 Å². The second-order valence-electron chi connectivity index (χ2n) is 8.60. The van der Waals surface area contributed by atoms with Crippen molar-refractivity contribution in [2.24, 2.45) is 0 Å². The Labute approximate surface area is 201 Å². The summed E-state index contributed by atoms with van der Waals surface area (Å²) in [5.41, 5.74) is 11.4. The van der Waals surface area contributed by atoms with Crippen LogP contribution in [0.2, 0.25) is 0 Å². The zero-order valence-electron chi connectivity index (χ0n) is 18.1. The van der Waals surface area contributed by atoms with Crippen molar-refractivity contribution in [2.75, 3.05) is 9.80 Å². The molecule has 0 atom stereocenters. The van der Waals surface area contributed by atoms with Crippen molar-refractivity contribution in [2.45, 2.75) is 7.43 Å². The van der Waals surface area contributed by atoms with Gasteiger partial charge in [0, 0.05) is 34.1 Å². The number of nitrogens with zero attached hydrogens (tertiary/aromatic N) is 2. The van der Waals surface area contributed by atoms with Gasteiger partial charge in [-0.3, -0.25) is 0 Å². The van der Waals surface area contributed by atoms with Gasteiger partial charge in [0.05, 0.1) is 0 Å². The van der Waals surface area contributed by atoms with Gasteiger partial charge in [-0.25, -0.2) is 0 Å². The first kappa shape index (κ1) is 20.4. The van der Waals surface area contributed by atoms with Crippen LogP contribution in [0.25, 0.3) is 0 Å². The van der Waals surface area contributed by atoms with E-state index < -0.39 is 0 Å². The molecule has 0 unspecified atom stereocenters. The lowest BCUT2D eigenvalue weighted by atomic mass is 9.33. The van der Waals surface area contributed by atoms with Crippen LogP contribution in [0.3, 0.4) is 0 Å². The largest absolute Gasteiger partial charge is 0.311 e. The van der Waals surface area contributed by atoms with E-state index in [1.165, 1.54) is 50.5 Å². The van der Waals surface area contributed by atoms with Crippen LogP contribution >= 0.6 is 0 Å². The quantitative estimate of drug-likeness (QED) is 0.289. The molecule has 0 saturated carbocycles. The maximum Gasteiger partial charge on any atom is 0.252 e. The first-order chi connectivity index (χ1) is 16.4. The molecule has 5 aromatic carbocycles. The van der Waals surface area contributed by atoms with Crippen molar-refractivity contribution >= 4 is 57.2 Å². The van der Waals surface area contributed by atoms with Gasteiger partial charge in [-0.2, -0.15) is 0 Å². The van der Waals surface area contributed by atoms with E-state index in [1.807, 2.05) is 0 Å². The summed E-state index contributed by atoms with van der Waals surface area (Å²) < 4.78 is 0. The van der Waals surface area contributed by atoms with Gasteiger partial charge in [-0.05, 0) is 64.9 Å². The lowest BCUT2D eigenvalue weighted by Crippen LogP contribution is -2.61. The molecule has 0 bridgehead atoms. The Morgan fingerprint density at radius 3 is 1.24 bits per heavy atom. The predicted molar refractivity (Wildman–Crippen MR) is 147 cm³/mol. The molecular formula is C31H25BN2. The Hall–Kier alpha value is -4.24. The van der Waals surface area contributed by atoms with Crippen LogP contribution in [0, 0.1) is 0 Å². The molecule has 0 amide bonds. The van der Waals surface area contributed by atoms with Crippen molar-refractivity contribution in [3.63, 3.8) is 0 Å². The molecule has 0 spiro atoms. The molecule has 162 valence electrons. The summed E-state index contributed by atoms with van der Waals surface area (Å²) in [6, 6.07) is 45.9. The summed E-state index contributed by atoms with van der Waals surface area (Å²) in [6.07, 6.45) is 0. The fourth-order valence-electron chi connectivity index (χ4n) is 5.55. The lowest BCUT2D eigenvalue weighted by Gasteiger charge is -2.44. The minimum absolute atomic E-state index is 0. The van der Waals surface area contributed by atoms with Gasteiger partial charge in [0.1, 0.15) is 0 Å². The summed E-state index contributed by atoms with van der Waals surface area (Å²) >= 11 is 0. The van der Waals surface area contributed by atoms with Gasteiger partial charge in [-0.15, -0.1) is 0 Å². The SMILES string of the molecule is C.c1ccc(N2c3ccccc3B3c4ccccc4N(c4ccccc4)c4cccc2c43)cc1. The number of hydrogen-bond donors (Lipinski definition) is 0. The zero-order chi connectivity index (χ0) is 21.8. The highest BCUT2D eigenvalue weighted by molar-refractivity contribution is 7.00. The van der Waals surface area contributed by atoms with E-state index in [0.717, 1.165) is 0 Å². The summed E-state index contributed by atoms with van der Waals surface area (Å²) in [4.78, 5) is 4.84. The summed E-state index contributed by atoms with van der Waals surface area (Å²) in [7, 11) is 0. The highest BCUT2D eigenvalue weighted by atomic mass is 15.2. The molecule has 5 aromatic rings. The molecule has 7 rings (SSSR count). The van der Waals surface area contributed by atoms with Crippen LogP contribution in [-0.2, 0) is 0 Å². The van der Waals surface area contributed by atoms with Crippen LogP contribution < -0.4 is 26.2 Å². The highest BCUT2D eigenvalue weighted by Crippen LogP contribution is 2.43. The Kier molecular flexibility index (Phi) is 4.77. The molecule has 0 radical (unpaired) electrons. The van der Waals surface area contributed by atoms with Gasteiger partial charge in [0.2, 0.25) is 0 Å². The Balaban J connectivity index is 0.00000217. The Bertz CT molecular complexity index is 1370. The van der Waals surface area contributed by atoms with Crippen molar-refractivity contribution in [1.82, 2.24) is 0 Å². The summed E-state index contributed by atoms with van der Waals surface area (Å²) in [5.74, 6) is 0. The van der Waals surface area contributed by atoms with Crippen LogP contribution in [0.15, 0.2) is 127 Å². The number of anilines is 6. The molecule has 0 saturated heterocycles. The number of para-hydroxylation sites is 4. The Morgan fingerprint density at radius 1 is 0.382 bits per heavy atom. The number of benzene rings is 5. The average molecular weight is 436 g/mol. The summed E-state index contributed by atoms with van der Waals surface area (Å²) in [6.45, 7) is 0.198. The molecule has 2 heterocycles. The van der Waals surface area contributed by atoms with Crippen LogP contribution in [-0.4, -0.2) is 6.71 Å². The molecule has 0 fully saturated rings. The van der Waals surface area contributed by atoms with Crippen molar-refractivity contribution in [3.8, 4) is 0 Å². The fraction of sp³-hybridized carbons (Fsp3) is 0.0323. The van der Waals surface area contributed by atoms with E-state index in [1.54, 1.807) is 0 Å². The van der Waals surface area contributed by atoms with E-state index in [4.69, 9.17) is 0 Å². The molecule has 3 heteroatoms. The second kappa shape index (κ2) is 7.96. The molecule has 2 aliphatic heterocycles. The second-order valence-corrected chi connectivity index (χ2v) is 8.60. The van der Waals surface area contributed by atoms with Gasteiger partial charge in [-0.1, -0.05) is 86.3 Å². The minimum atomic E-state index is 0. The fourth-order valence-corrected chi connectivity index (χ4v) is 5.55. The lowest BCUT2D eigenvalue weighted by molar-refractivity contribution is 1.25. The minimum Gasteiger partial charge on any atom is -0.311 e. The van der Waals surface area contributed by atoms with Crippen LogP contribution in [0.4, 0.5) is 34.1 Å². The van der Waals surface area contributed by atoms with Crippen molar-refractivity contribution < 1.29 is 0 Å².